The highest BCUT2D eigenvalue weighted by Gasteiger charge is 2.27. The molecule has 2 N–H and O–H groups in total. The van der Waals surface area contributed by atoms with Gasteiger partial charge in [-0.1, -0.05) is 18.2 Å². The molecule has 1 fully saturated rings. The number of amides is 2. The molecule has 2 rings (SSSR count). The summed E-state index contributed by atoms with van der Waals surface area (Å²) in [5, 5.41) is 12.5. The van der Waals surface area contributed by atoms with E-state index in [0.29, 0.717) is 39.3 Å². The zero-order valence-electron chi connectivity index (χ0n) is 17.8. The van der Waals surface area contributed by atoms with Crippen LogP contribution in [0.4, 0.5) is 5.69 Å². The van der Waals surface area contributed by atoms with Crippen molar-refractivity contribution in [1.29, 1.82) is 0 Å². The molecule has 0 unspecified atom stereocenters. The van der Waals surface area contributed by atoms with Crippen LogP contribution < -0.4 is 5.32 Å². The van der Waals surface area contributed by atoms with Crippen molar-refractivity contribution in [2.24, 2.45) is 5.92 Å². The molecule has 1 aromatic carbocycles. The van der Waals surface area contributed by atoms with Crippen LogP contribution >= 0.6 is 0 Å². The Morgan fingerprint density at radius 1 is 1.07 bits per heavy atom. The largest absolute Gasteiger partial charge is 0.481 e. The third kappa shape index (κ3) is 6.83. The van der Waals surface area contributed by atoms with Crippen molar-refractivity contribution >= 4 is 23.5 Å². The molecule has 1 atom stereocenters. The fourth-order valence-corrected chi connectivity index (χ4v) is 3.43. The number of carboxylic acid groups (broad SMARTS) is 1. The molecule has 1 heterocycles. The summed E-state index contributed by atoms with van der Waals surface area (Å²) < 4.78 is 0. The molecule has 0 saturated carbocycles. The molecule has 0 radical (unpaired) electrons. The first-order valence-electron chi connectivity index (χ1n) is 9.91. The number of anilines is 1. The van der Waals surface area contributed by atoms with Gasteiger partial charge in [-0.25, -0.2) is 0 Å². The molecule has 29 heavy (non-hydrogen) atoms. The highest BCUT2D eigenvalue weighted by Crippen LogP contribution is 2.20. The number of benzene rings is 1. The number of aryl methyl sites for hydroxylation is 2. The monoisotopic (exact) mass is 404 g/mol. The van der Waals surface area contributed by atoms with E-state index in [1.54, 1.807) is 19.0 Å². The normalized spacial score (nSPS) is 16.3. The molecule has 8 heteroatoms. The minimum absolute atomic E-state index is 0.0602. The van der Waals surface area contributed by atoms with Crippen molar-refractivity contribution in [2.45, 2.75) is 20.3 Å². The summed E-state index contributed by atoms with van der Waals surface area (Å²) in [7, 11) is 3.47. The SMILES string of the molecule is Cc1cccc(C)c1NC(=O)C[C@@H](CN1CCN(CC(=O)N(C)C)CC1)C(=O)O. The Kier molecular flexibility index (Phi) is 8.16. The van der Waals surface area contributed by atoms with E-state index >= 15 is 0 Å². The first-order chi connectivity index (χ1) is 13.7. The van der Waals surface area contributed by atoms with Gasteiger partial charge in [0.25, 0.3) is 0 Å². The van der Waals surface area contributed by atoms with E-state index in [9.17, 15) is 19.5 Å². The molecule has 160 valence electrons. The molecule has 1 aliphatic heterocycles. The Bertz CT molecular complexity index is 722. The lowest BCUT2D eigenvalue weighted by Crippen LogP contribution is -2.50. The number of nitrogens with one attached hydrogen (secondary N) is 1. The van der Waals surface area contributed by atoms with Crippen LogP contribution in [0.25, 0.3) is 0 Å². The highest BCUT2D eigenvalue weighted by atomic mass is 16.4. The molecule has 1 aromatic rings. The number of hydrogen-bond acceptors (Lipinski definition) is 5. The lowest BCUT2D eigenvalue weighted by molar-refractivity contribution is -0.144. The van der Waals surface area contributed by atoms with E-state index in [-0.39, 0.29) is 18.2 Å². The fraction of sp³-hybridized carbons (Fsp3) is 0.571. The average molecular weight is 405 g/mol. The van der Waals surface area contributed by atoms with Crippen LogP contribution in [0.3, 0.4) is 0 Å². The predicted molar refractivity (Wildman–Crippen MR) is 112 cm³/mol. The number of carboxylic acids is 1. The summed E-state index contributed by atoms with van der Waals surface area (Å²) in [6, 6.07) is 5.75. The number of piperazine rings is 1. The molecule has 0 spiro atoms. The highest BCUT2D eigenvalue weighted by molar-refractivity contribution is 5.94. The Labute approximate surface area is 172 Å². The zero-order valence-corrected chi connectivity index (χ0v) is 17.8. The van der Waals surface area contributed by atoms with E-state index in [4.69, 9.17) is 0 Å². The smallest absolute Gasteiger partial charge is 0.308 e. The van der Waals surface area contributed by atoms with Gasteiger partial charge >= 0.3 is 5.97 Å². The molecular weight excluding hydrogens is 372 g/mol. The number of hydrogen-bond donors (Lipinski definition) is 2. The van der Waals surface area contributed by atoms with Crippen molar-refractivity contribution in [3.63, 3.8) is 0 Å². The lowest BCUT2D eigenvalue weighted by atomic mass is 10.0. The second-order valence-electron chi connectivity index (χ2n) is 7.92. The Balaban J connectivity index is 1.87. The summed E-state index contributed by atoms with van der Waals surface area (Å²) in [4.78, 5) is 41.7. The van der Waals surface area contributed by atoms with Crippen molar-refractivity contribution in [2.75, 3.05) is 58.7 Å². The van der Waals surface area contributed by atoms with Crippen LogP contribution in [0.1, 0.15) is 17.5 Å². The number of rotatable bonds is 8. The maximum atomic E-state index is 12.5. The molecule has 0 aromatic heterocycles. The second kappa shape index (κ2) is 10.4. The maximum Gasteiger partial charge on any atom is 0.308 e. The number of carbonyl (C=O) groups excluding carboxylic acids is 2. The van der Waals surface area contributed by atoms with Gasteiger partial charge in [0.05, 0.1) is 12.5 Å². The van der Waals surface area contributed by atoms with Gasteiger partial charge < -0.3 is 15.3 Å². The van der Waals surface area contributed by atoms with Gasteiger partial charge in [-0.15, -0.1) is 0 Å². The van der Waals surface area contributed by atoms with Crippen LogP contribution in [-0.2, 0) is 14.4 Å². The Morgan fingerprint density at radius 2 is 1.62 bits per heavy atom. The predicted octanol–water partition coefficient (Wildman–Crippen LogP) is 1.04. The van der Waals surface area contributed by atoms with Gasteiger partial charge in [-0.3, -0.25) is 24.2 Å². The van der Waals surface area contributed by atoms with Gasteiger partial charge in [0.15, 0.2) is 0 Å². The van der Waals surface area contributed by atoms with E-state index < -0.39 is 11.9 Å². The summed E-state index contributed by atoms with van der Waals surface area (Å²) >= 11 is 0. The van der Waals surface area contributed by atoms with Crippen LogP contribution in [0.15, 0.2) is 18.2 Å². The van der Waals surface area contributed by atoms with E-state index in [0.717, 1.165) is 16.8 Å². The standard InChI is InChI=1S/C21H32N4O4/c1-15-6-5-7-16(2)20(15)22-18(26)12-17(21(28)29)13-24-8-10-25(11-9-24)14-19(27)23(3)4/h5-7,17H,8-14H2,1-4H3,(H,22,26)(H,28,29)/t17-/m0/s1. The Hall–Kier alpha value is -2.45. The minimum Gasteiger partial charge on any atom is -0.481 e. The maximum absolute atomic E-state index is 12.5. The molecular formula is C21H32N4O4. The molecule has 1 aliphatic rings. The van der Waals surface area contributed by atoms with Gasteiger partial charge in [-0.05, 0) is 25.0 Å². The molecule has 0 bridgehead atoms. The van der Waals surface area contributed by atoms with Gasteiger partial charge in [-0.2, -0.15) is 0 Å². The number of aliphatic carboxylic acids is 1. The van der Waals surface area contributed by atoms with Gasteiger partial charge in [0.2, 0.25) is 11.8 Å². The van der Waals surface area contributed by atoms with E-state index in [1.807, 2.05) is 32.0 Å². The van der Waals surface area contributed by atoms with Crippen molar-refractivity contribution in [3.05, 3.63) is 29.3 Å². The summed E-state index contributed by atoms with van der Waals surface area (Å²) in [6.45, 7) is 7.31. The Morgan fingerprint density at radius 3 is 2.14 bits per heavy atom. The first-order valence-corrected chi connectivity index (χ1v) is 9.91. The quantitative estimate of drug-likeness (QED) is 0.673. The van der Waals surface area contributed by atoms with Crippen LogP contribution in [0.2, 0.25) is 0 Å². The van der Waals surface area contributed by atoms with Gasteiger partial charge in [0, 0.05) is 58.9 Å². The third-order valence-corrected chi connectivity index (χ3v) is 5.33. The number of likely N-dealkylation sites (N-methyl/N-ethyl adjacent to an activating group) is 1. The fourth-order valence-electron chi connectivity index (χ4n) is 3.43. The van der Waals surface area contributed by atoms with Crippen molar-refractivity contribution < 1.29 is 19.5 Å². The van der Waals surface area contributed by atoms with Crippen LogP contribution in [0.5, 0.6) is 0 Å². The number of para-hydroxylation sites is 1. The summed E-state index contributed by atoms with van der Waals surface area (Å²) in [5.74, 6) is -1.96. The van der Waals surface area contributed by atoms with Crippen LogP contribution in [0, 0.1) is 19.8 Å². The van der Waals surface area contributed by atoms with E-state index in [2.05, 4.69) is 15.1 Å². The zero-order chi connectivity index (χ0) is 21.6. The minimum atomic E-state index is -0.966. The second-order valence-corrected chi connectivity index (χ2v) is 7.92. The topological polar surface area (TPSA) is 93.2 Å². The lowest BCUT2D eigenvalue weighted by Gasteiger charge is -2.35. The number of nitrogens with zero attached hydrogens (tertiary/aromatic N) is 3. The molecule has 2 amide bonds. The van der Waals surface area contributed by atoms with Crippen molar-refractivity contribution in [1.82, 2.24) is 14.7 Å². The summed E-state index contributed by atoms with van der Waals surface area (Å²) in [5.41, 5.74) is 2.66. The van der Waals surface area contributed by atoms with Crippen molar-refractivity contribution in [3.8, 4) is 0 Å². The van der Waals surface area contributed by atoms with E-state index in [1.165, 1.54) is 0 Å². The third-order valence-electron chi connectivity index (χ3n) is 5.33. The molecule has 8 nitrogen and oxygen atoms in total. The van der Waals surface area contributed by atoms with Gasteiger partial charge in [0.1, 0.15) is 0 Å². The molecule has 0 aliphatic carbocycles. The molecule has 1 saturated heterocycles. The average Bonchev–Trinajstić information content (AvgIpc) is 2.65. The summed E-state index contributed by atoms with van der Waals surface area (Å²) in [6.07, 6.45) is -0.0670. The number of carbonyl (C=O) groups is 3. The van der Waals surface area contributed by atoms with Crippen LogP contribution in [-0.4, -0.2) is 91.0 Å². The first kappa shape index (κ1) is 22.8.